The van der Waals surface area contributed by atoms with Gasteiger partial charge in [-0.25, -0.2) is 4.98 Å². The number of hydrogen-bond donors (Lipinski definition) is 2. The molecule has 3 aromatic carbocycles. The number of aryl methyl sites for hydroxylation is 1. The molecule has 1 aliphatic carbocycles. The van der Waals surface area contributed by atoms with Crippen molar-refractivity contribution in [3.63, 3.8) is 0 Å². The van der Waals surface area contributed by atoms with E-state index in [1.807, 2.05) is 43.3 Å². The zero-order valence-corrected chi connectivity index (χ0v) is 21.6. The van der Waals surface area contributed by atoms with Gasteiger partial charge in [-0.05, 0) is 83.5 Å². The molecule has 0 radical (unpaired) electrons. The van der Waals surface area contributed by atoms with Crippen molar-refractivity contribution in [1.82, 2.24) is 10.3 Å². The molecule has 0 saturated heterocycles. The average molecular weight is 532 g/mol. The molecule has 39 heavy (non-hydrogen) atoms. The molecule has 0 bridgehead atoms. The summed E-state index contributed by atoms with van der Waals surface area (Å²) in [6, 6.07) is 20.2. The van der Waals surface area contributed by atoms with Gasteiger partial charge in [-0.3, -0.25) is 4.79 Å². The minimum absolute atomic E-state index is 0.274. The Morgan fingerprint density at radius 1 is 1.00 bits per heavy atom. The van der Waals surface area contributed by atoms with E-state index in [9.17, 15) is 18.0 Å². The Labute approximate surface area is 225 Å². The van der Waals surface area contributed by atoms with Crippen LogP contribution in [-0.2, 0) is 25.6 Å². The van der Waals surface area contributed by atoms with Gasteiger partial charge in [-0.15, -0.1) is 0 Å². The third kappa shape index (κ3) is 5.96. The molecule has 5 rings (SSSR count). The third-order valence-corrected chi connectivity index (χ3v) is 7.02. The molecule has 1 atom stereocenters. The van der Waals surface area contributed by atoms with Crippen LogP contribution in [0.4, 0.5) is 18.9 Å². The molecule has 1 aliphatic rings. The van der Waals surface area contributed by atoms with Gasteiger partial charge in [0.15, 0.2) is 0 Å². The Kier molecular flexibility index (Phi) is 7.39. The Morgan fingerprint density at radius 2 is 1.77 bits per heavy atom. The van der Waals surface area contributed by atoms with Crippen molar-refractivity contribution in [2.75, 3.05) is 12.4 Å². The first-order valence-electron chi connectivity index (χ1n) is 12.6. The van der Waals surface area contributed by atoms with Crippen molar-refractivity contribution in [3.8, 4) is 17.0 Å². The van der Waals surface area contributed by atoms with Gasteiger partial charge in [0.25, 0.3) is 5.91 Å². The topological polar surface area (TPSA) is 63.2 Å². The molecule has 0 fully saturated rings. The normalized spacial score (nSPS) is 14.6. The molecule has 0 unspecified atom stereocenters. The minimum Gasteiger partial charge on any atom is -0.481 e. The first kappa shape index (κ1) is 26.4. The molecule has 2 N–H and O–H groups in total. The molecule has 1 aromatic heterocycles. The van der Waals surface area contributed by atoms with Gasteiger partial charge in [-0.1, -0.05) is 36.4 Å². The number of ether oxygens (including phenoxy) is 1. The molecule has 0 spiro atoms. The van der Waals surface area contributed by atoms with Crippen LogP contribution in [-0.4, -0.2) is 24.0 Å². The molecule has 5 nitrogen and oxygen atoms in total. The summed E-state index contributed by atoms with van der Waals surface area (Å²) in [5.74, 6) is 0.270. The molecule has 1 amide bonds. The highest BCUT2D eigenvalue weighted by Gasteiger charge is 2.30. The number of hydrogen-bond acceptors (Lipinski definition) is 4. The number of carbonyl (C=O) groups is 1. The predicted molar refractivity (Wildman–Crippen MR) is 145 cm³/mol. The van der Waals surface area contributed by atoms with Crippen LogP contribution in [0, 0.1) is 6.92 Å². The van der Waals surface area contributed by atoms with E-state index >= 15 is 0 Å². The van der Waals surface area contributed by atoms with E-state index < -0.39 is 11.7 Å². The summed E-state index contributed by atoms with van der Waals surface area (Å²) in [5, 5.41) is 6.56. The zero-order chi connectivity index (χ0) is 27.6. The number of anilines is 1. The third-order valence-electron chi connectivity index (χ3n) is 7.02. The predicted octanol–water partition coefficient (Wildman–Crippen LogP) is 6.59. The van der Waals surface area contributed by atoms with E-state index in [-0.39, 0.29) is 11.9 Å². The number of aromatic nitrogens is 1. The first-order valence-corrected chi connectivity index (χ1v) is 12.6. The van der Waals surface area contributed by atoms with Gasteiger partial charge in [0, 0.05) is 36.1 Å². The van der Waals surface area contributed by atoms with Crippen molar-refractivity contribution in [1.29, 1.82) is 0 Å². The Bertz CT molecular complexity index is 1480. The fourth-order valence-corrected chi connectivity index (χ4v) is 5.00. The largest absolute Gasteiger partial charge is 0.481 e. The lowest BCUT2D eigenvalue weighted by Crippen LogP contribution is -2.28. The van der Waals surface area contributed by atoms with E-state index in [4.69, 9.17) is 4.74 Å². The number of benzene rings is 3. The second kappa shape index (κ2) is 10.9. The number of pyridine rings is 1. The summed E-state index contributed by atoms with van der Waals surface area (Å²) in [6.07, 6.45) is -0.891. The summed E-state index contributed by atoms with van der Waals surface area (Å²) in [7, 11) is 1.59. The van der Waals surface area contributed by atoms with E-state index in [0.717, 1.165) is 36.1 Å². The van der Waals surface area contributed by atoms with Gasteiger partial charge in [0.1, 0.15) is 0 Å². The van der Waals surface area contributed by atoms with Crippen LogP contribution in [0.25, 0.3) is 11.1 Å². The van der Waals surface area contributed by atoms with E-state index in [1.54, 1.807) is 25.4 Å². The first-order chi connectivity index (χ1) is 18.7. The van der Waals surface area contributed by atoms with Gasteiger partial charge in [-0.2, -0.15) is 13.2 Å². The molecule has 0 saturated carbocycles. The van der Waals surface area contributed by atoms with Crippen LogP contribution in [0.2, 0.25) is 0 Å². The summed E-state index contributed by atoms with van der Waals surface area (Å²) in [4.78, 5) is 17.6. The zero-order valence-electron chi connectivity index (χ0n) is 21.6. The van der Waals surface area contributed by atoms with Crippen molar-refractivity contribution in [3.05, 3.63) is 112 Å². The lowest BCUT2D eigenvalue weighted by Gasteiger charge is -2.15. The van der Waals surface area contributed by atoms with E-state index in [2.05, 4.69) is 15.6 Å². The number of carbonyl (C=O) groups excluding carboxylic acids is 1. The Morgan fingerprint density at radius 3 is 2.46 bits per heavy atom. The van der Waals surface area contributed by atoms with Gasteiger partial charge < -0.3 is 15.4 Å². The lowest BCUT2D eigenvalue weighted by atomic mass is 9.93. The van der Waals surface area contributed by atoms with Crippen molar-refractivity contribution >= 4 is 11.6 Å². The van der Waals surface area contributed by atoms with Crippen LogP contribution in [0.15, 0.2) is 79.0 Å². The average Bonchev–Trinajstić information content (AvgIpc) is 3.34. The van der Waals surface area contributed by atoms with Crippen LogP contribution >= 0.6 is 0 Å². The van der Waals surface area contributed by atoms with Crippen molar-refractivity contribution < 1.29 is 22.7 Å². The van der Waals surface area contributed by atoms with E-state index in [0.29, 0.717) is 34.8 Å². The number of nitrogens with zero attached hydrogens (tertiary/aromatic N) is 1. The highest BCUT2D eigenvalue weighted by atomic mass is 19.4. The molecule has 8 heteroatoms. The highest BCUT2D eigenvalue weighted by molar-refractivity contribution is 6.09. The number of fused-ring (bicyclic) bond motifs is 1. The summed E-state index contributed by atoms with van der Waals surface area (Å²) in [5.41, 5.74) is 5.81. The number of nitrogens with one attached hydrogen (secondary N) is 2. The second-order valence-electron chi connectivity index (χ2n) is 9.71. The second-order valence-corrected chi connectivity index (χ2v) is 9.71. The van der Waals surface area contributed by atoms with Gasteiger partial charge >= 0.3 is 6.18 Å². The molecule has 1 heterocycles. The van der Waals surface area contributed by atoms with Crippen molar-refractivity contribution in [2.45, 2.75) is 38.5 Å². The molecule has 0 aliphatic heterocycles. The molecule has 200 valence electrons. The van der Waals surface area contributed by atoms with Gasteiger partial charge in [0.05, 0.1) is 12.7 Å². The minimum atomic E-state index is -4.42. The number of amides is 1. The number of halogens is 3. The maximum absolute atomic E-state index is 13.3. The summed E-state index contributed by atoms with van der Waals surface area (Å²) >= 11 is 0. The van der Waals surface area contributed by atoms with Crippen LogP contribution in [0.5, 0.6) is 5.88 Å². The smallest absolute Gasteiger partial charge is 0.416 e. The summed E-state index contributed by atoms with van der Waals surface area (Å²) in [6.45, 7) is 2.54. The number of alkyl halides is 3. The maximum Gasteiger partial charge on any atom is 0.416 e. The van der Waals surface area contributed by atoms with Crippen molar-refractivity contribution in [2.24, 2.45) is 0 Å². The molecular weight excluding hydrogens is 503 g/mol. The molecular formula is C31H28F3N3O2. The standard InChI is InChI=1S/C31H28F3N3O2/c1-19-4-3-5-27(29(19)21-7-10-24(11-8-21)31(32,33)34)30(38)37-25-12-9-22-14-26(16-23(22)15-25)35-17-20-6-13-28(39-2)36-18-20/h3-13,15,18,26,35H,14,16-17H2,1-2H3,(H,37,38)/t26-/m0/s1. The SMILES string of the molecule is COc1ccc(CN[C@H]2Cc3ccc(NC(=O)c4cccc(C)c4-c4ccc(C(F)(F)F)cc4)cc3C2)cn1. The van der Waals surface area contributed by atoms with Crippen LogP contribution in [0.1, 0.15) is 38.2 Å². The fourth-order valence-electron chi connectivity index (χ4n) is 5.00. The fraction of sp³-hybridized carbons (Fsp3) is 0.226. The quantitative estimate of drug-likeness (QED) is 0.282. The lowest BCUT2D eigenvalue weighted by molar-refractivity contribution is -0.137. The number of methoxy groups -OCH3 is 1. The number of rotatable bonds is 7. The van der Waals surface area contributed by atoms with Crippen LogP contribution < -0.4 is 15.4 Å². The highest BCUT2D eigenvalue weighted by Crippen LogP contribution is 2.34. The van der Waals surface area contributed by atoms with Gasteiger partial charge in [0.2, 0.25) is 5.88 Å². The maximum atomic E-state index is 13.3. The summed E-state index contributed by atoms with van der Waals surface area (Å²) < 4.78 is 44.2. The Balaban J connectivity index is 1.28. The van der Waals surface area contributed by atoms with E-state index in [1.165, 1.54) is 23.3 Å². The molecule has 4 aromatic rings. The monoisotopic (exact) mass is 531 g/mol. The Hall–Kier alpha value is -4.17. The van der Waals surface area contributed by atoms with Crippen LogP contribution in [0.3, 0.4) is 0 Å².